The predicted molar refractivity (Wildman–Crippen MR) is 78.3 cm³/mol. The summed E-state index contributed by atoms with van der Waals surface area (Å²) in [7, 11) is 1.66. The highest BCUT2D eigenvalue weighted by Gasteiger charge is 2.31. The number of nitrogens with zero attached hydrogens (tertiary/aromatic N) is 1. The lowest BCUT2D eigenvalue weighted by Gasteiger charge is -2.20. The van der Waals surface area contributed by atoms with Gasteiger partial charge in [0, 0.05) is 26.1 Å². The molecule has 0 bridgehead atoms. The lowest BCUT2D eigenvalue weighted by Crippen LogP contribution is -2.44. The van der Waals surface area contributed by atoms with E-state index in [1.807, 2.05) is 0 Å². The van der Waals surface area contributed by atoms with E-state index in [1.165, 1.54) is 17.0 Å². The first-order chi connectivity index (χ1) is 10.5. The molecule has 0 radical (unpaired) electrons. The summed E-state index contributed by atoms with van der Waals surface area (Å²) in [6, 6.07) is 5.75. The van der Waals surface area contributed by atoms with Crippen molar-refractivity contribution >= 4 is 11.9 Å². The molecular weight excluding hydrogens is 289 g/mol. The van der Waals surface area contributed by atoms with Crippen LogP contribution >= 0.6 is 0 Å². The predicted octanol–water partition coefficient (Wildman–Crippen LogP) is 1.06. The van der Waals surface area contributed by atoms with Gasteiger partial charge in [-0.1, -0.05) is 12.1 Å². The number of benzene rings is 1. The number of hydrogen-bond acceptors (Lipinski definition) is 4. The molecule has 1 saturated heterocycles. The molecule has 2 atom stereocenters. The van der Waals surface area contributed by atoms with Crippen LogP contribution in [0.15, 0.2) is 24.3 Å². The van der Waals surface area contributed by atoms with Crippen molar-refractivity contribution in [3.05, 3.63) is 35.6 Å². The number of aliphatic carboxylic acids is 1. The zero-order valence-corrected chi connectivity index (χ0v) is 12.4. The molecule has 0 aromatic heterocycles. The zero-order valence-electron chi connectivity index (χ0n) is 12.4. The molecule has 3 N–H and O–H groups in total. The van der Waals surface area contributed by atoms with E-state index >= 15 is 0 Å². The van der Waals surface area contributed by atoms with Crippen molar-refractivity contribution in [1.29, 1.82) is 0 Å². The van der Waals surface area contributed by atoms with Gasteiger partial charge in [-0.05, 0) is 30.5 Å². The highest BCUT2D eigenvalue weighted by atomic mass is 19.1. The van der Waals surface area contributed by atoms with Crippen LogP contribution in [-0.4, -0.2) is 41.5 Å². The van der Waals surface area contributed by atoms with Crippen LogP contribution in [0, 0.1) is 5.82 Å². The van der Waals surface area contributed by atoms with Gasteiger partial charge in [0.1, 0.15) is 11.9 Å². The van der Waals surface area contributed by atoms with Crippen LogP contribution in [0.2, 0.25) is 0 Å². The Morgan fingerprint density at radius 1 is 1.32 bits per heavy atom. The van der Waals surface area contributed by atoms with E-state index in [1.54, 1.807) is 19.2 Å². The molecule has 1 aliphatic rings. The zero-order chi connectivity index (χ0) is 16.1. The van der Waals surface area contributed by atoms with Crippen LogP contribution in [0.3, 0.4) is 0 Å². The first-order valence-corrected chi connectivity index (χ1v) is 7.20. The number of amides is 1. The second-order valence-electron chi connectivity index (χ2n) is 5.44. The molecule has 22 heavy (non-hydrogen) atoms. The standard InChI is InChI=1S/C15H20FN3O3/c1-19(8-2-3-14(20)21)15(22)13-9-12(17-18-13)10-4-6-11(16)7-5-10/h4-7,12-13,17-18H,2-3,8-9H2,1H3,(H,20,21). The summed E-state index contributed by atoms with van der Waals surface area (Å²) < 4.78 is 12.9. The molecule has 0 spiro atoms. The van der Waals surface area contributed by atoms with Gasteiger partial charge in [0.25, 0.3) is 0 Å². The first-order valence-electron chi connectivity index (χ1n) is 7.20. The van der Waals surface area contributed by atoms with E-state index in [4.69, 9.17) is 5.11 Å². The fraction of sp³-hybridized carbons (Fsp3) is 0.467. The molecule has 2 rings (SSSR count). The Kier molecular flexibility index (Phi) is 5.46. The molecule has 120 valence electrons. The third kappa shape index (κ3) is 4.25. The highest BCUT2D eigenvalue weighted by Crippen LogP contribution is 2.23. The van der Waals surface area contributed by atoms with E-state index in [9.17, 15) is 14.0 Å². The molecule has 1 aromatic rings. The first kappa shape index (κ1) is 16.4. The van der Waals surface area contributed by atoms with Crippen molar-refractivity contribution in [1.82, 2.24) is 15.8 Å². The normalized spacial score (nSPS) is 20.8. The summed E-state index contributed by atoms with van der Waals surface area (Å²) in [6.07, 6.45) is 1.04. The largest absolute Gasteiger partial charge is 0.481 e. The minimum absolute atomic E-state index is 0.0478. The number of halogens is 1. The number of carbonyl (C=O) groups is 2. The smallest absolute Gasteiger partial charge is 0.303 e. The molecule has 2 unspecified atom stereocenters. The fourth-order valence-corrected chi connectivity index (χ4v) is 2.48. The van der Waals surface area contributed by atoms with Crippen LogP contribution < -0.4 is 10.9 Å². The summed E-state index contributed by atoms with van der Waals surface area (Å²) in [6.45, 7) is 0.407. The Morgan fingerprint density at radius 2 is 2.00 bits per heavy atom. The van der Waals surface area contributed by atoms with Crippen LogP contribution in [0.4, 0.5) is 4.39 Å². The van der Waals surface area contributed by atoms with Gasteiger partial charge in [0.2, 0.25) is 5.91 Å². The molecule has 7 heteroatoms. The van der Waals surface area contributed by atoms with Crippen LogP contribution in [-0.2, 0) is 9.59 Å². The van der Waals surface area contributed by atoms with Gasteiger partial charge < -0.3 is 10.0 Å². The summed E-state index contributed by atoms with van der Waals surface area (Å²) >= 11 is 0. The second kappa shape index (κ2) is 7.33. The number of rotatable bonds is 6. The third-order valence-corrected chi connectivity index (χ3v) is 3.73. The van der Waals surface area contributed by atoms with Gasteiger partial charge in [-0.2, -0.15) is 0 Å². The molecule has 1 amide bonds. The Bertz CT molecular complexity index is 535. The summed E-state index contributed by atoms with van der Waals surface area (Å²) in [5.41, 5.74) is 6.90. The van der Waals surface area contributed by atoms with E-state index in [0.717, 1.165) is 5.56 Å². The molecule has 1 aliphatic heterocycles. The van der Waals surface area contributed by atoms with Gasteiger partial charge in [0.15, 0.2) is 0 Å². The quantitative estimate of drug-likeness (QED) is 0.732. The molecule has 1 heterocycles. The topological polar surface area (TPSA) is 81.7 Å². The van der Waals surface area contributed by atoms with Crippen molar-refractivity contribution in [2.24, 2.45) is 0 Å². The second-order valence-corrected chi connectivity index (χ2v) is 5.44. The van der Waals surface area contributed by atoms with Gasteiger partial charge in [-0.15, -0.1) is 0 Å². The Hall–Kier alpha value is -1.99. The van der Waals surface area contributed by atoms with Crippen molar-refractivity contribution < 1.29 is 19.1 Å². The van der Waals surface area contributed by atoms with Gasteiger partial charge in [-0.25, -0.2) is 15.2 Å². The lowest BCUT2D eigenvalue weighted by atomic mass is 10.0. The molecule has 6 nitrogen and oxygen atoms in total. The number of carboxylic acids is 1. The van der Waals surface area contributed by atoms with Gasteiger partial charge in [0.05, 0.1) is 0 Å². The lowest BCUT2D eigenvalue weighted by molar-refractivity contribution is -0.138. The van der Waals surface area contributed by atoms with E-state index in [2.05, 4.69) is 10.9 Å². The number of hydrazine groups is 1. The summed E-state index contributed by atoms with van der Waals surface area (Å²) in [5, 5.41) is 8.60. The van der Waals surface area contributed by atoms with Crippen molar-refractivity contribution in [3.63, 3.8) is 0 Å². The van der Waals surface area contributed by atoms with E-state index in [0.29, 0.717) is 19.4 Å². The minimum atomic E-state index is -0.863. The van der Waals surface area contributed by atoms with Crippen molar-refractivity contribution in [2.75, 3.05) is 13.6 Å². The maximum Gasteiger partial charge on any atom is 0.303 e. The Morgan fingerprint density at radius 3 is 2.64 bits per heavy atom. The SMILES string of the molecule is CN(CCCC(=O)O)C(=O)C1CC(c2ccc(F)cc2)NN1. The van der Waals surface area contributed by atoms with Crippen molar-refractivity contribution in [3.8, 4) is 0 Å². The molecule has 0 aliphatic carbocycles. The number of likely N-dealkylation sites (N-methyl/N-ethyl adjacent to an activating group) is 1. The Labute approximate surface area is 128 Å². The van der Waals surface area contributed by atoms with Gasteiger partial charge in [-0.3, -0.25) is 9.59 Å². The highest BCUT2D eigenvalue weighted by molar-refractivity contribution is 5.82. The number of carbonyl (C=O) groups excluding carboxylic acids is 1. The maximum absolute atomic E-state index is 12.9. The van der Waals surface area contributed by atoms with Gasteiger partial charge >= 0.3 is 5.97 Å². The minimum Gasteiger partial charge on any atom is -0.481 e. The number of nitrogens with one attached hydrogen (secondary N) is 2. The monoisotopic (exact) mass is 309 g/mol. The third-order valence-electron chi connectivity index (χ3n) is 3.73. The van der Waals surface area contributed by atoms with Crippen LogP contribution in [0.1, 0.15) is 30.9 Å². The summed E-state index contributed by atoms with van der Waals surface area (Å²) in [5.74, 6) is -1.24. The fourth-order valence-electron chi connectivity index (χ4n) is 2.48. The molecule has 1 aromatic carbocycles. The van der Waals surface area contributed by atoms with Crippen molar-refractivity contribution in [2.45, 2.75) is 31.3 Å². The van der Waals surface area contributed by atoms with Crippen LogP contribution in [0.5, 0.6) is 0 Å². The molecular formula is C15H20FN3O3. The Balaban J connectivity index is 1.85. The average molecular weight is 309 g/mol. The summed E-state index contributed by atoms with van der Waals surface area (Å²) in [4.78, 5) is 24.3. The maximum atomic E-state index is 12.9. The van der Waals surface area contributed by atoms with E-state index in [-0.39, 0.29) is 30.2 Å². The molecule has 1 fully saturated rings. The number of carboxylic acid groups (broad SMARTS) is 1. The average Bonchev–Trinajstić information content (AvgIpc) is 2.96. The molecule has 0 saturated carbocycles. The van der Waals surface area contributed by atoms with Crippen LogP contribution in [0.25, 0.3) is 0 Å². The van der Waals surface area contributed by atoms with E-state index < -0.39 is 5.97 Å². The number of hydrogen-bond donors (Lipinski definition) is 3.